The molecule has 202 valence electrons. The van der Waals surface area contributed by atoms with Gasteiger partial charge in [-0.25, -0.2) is 4.98 Å². The van der Waals surface area contributed by atoms with Crippen LogP contribution in [0.25, 0.3) is 33.5 Å². The smallest absolute Gasteiger partial charge is 0.254 e. The summed E-state index contributed by atoms with van der Waals surface area (Å²) in [5.74, 6) is 3.35. The lowest BCUT2D eigenvalue weighted by atomic mass is 9.93. The molecule has 2 bridgehead atoms. The summed E-state index contributed by atoms with van der Waals surface area (Å²) in [5.41, 5.74) is 12.5. The van der Waals surface area contributed by atoms with Crippen LogP contribution < -0.4 is 15.8 Å². The summed E-state index contributed by atoms with van der Waals surface area (Å²) in [6, 6.07) is 13.3. The SMILES string of the molecule is COc1cc(C(=O)N2CC3CCC2C3N)cc2nc(-c3cc4ccc(C5CNC5)cc4n3CC3CC3)n(C)c12. The van der Waals surface area contributed by atoms with E-state index in [2.05, 4.69) is 45.8 Å². The molecular formula is C31H36N6O2. The summed E-state index contributed by atoms with van der Waals surface area (Å²) in [6.45, 7) is 3.86. The lowest BCUT2D eigenvalue weighted by Gasteiger charge is -2.27. The summed E-state index contributed by atoms with van der Waals surface area (Å²) < 4.78 is 10.5. The van der Waals surface area contributed by atoms with E-state index >= 15 is 0 Å². The minimum absolute atomic E-state index is 0.0333. The quantitative estimate of drug-likeness (QED) is 0.400. The molecule has 0 radical (unpaired) electrons. The normalized spacial score (nSPS) is 24.7. The fourth-order valence-electron chi connectivity index (χ4n) is 7.26. The predicted octanol–water partition coefficient (Wildman–Crippen LogP) is 3.86. The Kier molecular flexibility index (Phi) is 5.17. The number of hydrogen-bond donors (Lipinski definition) is 2. The highest BCUT2D eigenvalue weighted by Gasteiger charge is 2.47. The first-order valence-corrected chi connectivity index (χ1v) is 14.5. The number of fused-ring (bicyclic) bond motifs is 4. The third-order valence-corrected chi connectivity index (χ3v) is 9.86. The molecule has 2 aromatic heterocycles. The van der Waals surface area contributed by atoms with E-state index in [0.717, 1.165) is 67.5 Å². The van der Waals surface area contributed by atoms with Gasteiger partial charge in [0.25, 0.3) is 5.91 Å². The second-order valence-corrected chi connectivity index (χ2v) is 12.2. The molecule has 0 spiro atoms. The number of ether oxygens (including phenoxy) is 1. The number of methoxy groups -OCH3 is 1. The van der Waals surface area contributed by atoms with Crippen LogP contribution in [0.4, 0.5) is 0 Å². The predicted molar refractivity (Wildman–Crippen MR) is 152 cm³/mol. The monoisotopic (exact) mass is 524 g/mol. The van der Waals surface area contributed by atoms with Crippen molar-refractivity contribution in [3.8, 4) is 17.3 Å². The molecule has 2 aliphatic carbocycles. The number of imidazole rings is 1. The third-order valence-electron chi connectivity index (χ3n) is 9.86. The number of nitrogens with one attached hydrogen (secondary N) is 1. The van der Waals surface area contributed by atoms with Gasteiger partial charge in [0, 0.05) is 67.7 Å². The largest absolute Gasteiger partial charge is 0.494 e. The average Bonchev–Trinajstić information content (AvgIpc) is 3.32. The van der Waals surface area contributed by atoms with Crippen LogP contribution in [0.2, 0.25) is 0 Å². The van der Waals surface area contributed by atoms with Gasteiger partial charge in [-0.05, 0) is 67.3 Å². The highest BCUT2D eigenvalue weighted by molar-refractivity contribution is 6.00. The van der Waals surface area contributed by atoms with Crippen molar-refractivity contribution >= 4 is 27.8 Å². The second-order valence-electron chi connectivity index (χ2n) is 12.2. The molecule has 2 saturated carbocycles. The molecule has 3 N–H and O–H groups in total. The number of piperidine rings is 1. The number of benzene rings is 2. The Morgan fingerprint density at radius 3 is 2.64 bits per heavy atom. The van der Waals surface area contributed by atoms with Gasteiger partial charge in [0.2, 0.25) is 0 Å². The van der Waals surface area contributed by atoms with Crippen molar-refractivity contribution in [2.75, 3.05) is 26.7 Å². The number of aromatic nitrogens is 3. The van der Waals surface area contributed by atoms with Crippen LogP contribution in [0.1, 0.15) is 47.5 Å². The van der Waals surface area contributed by atoms with Crippen LogP contribution in [0.15, 0.2) is 36.4 Å². The van der Waals surface area contributed by atoms with Gasteiger partial charge in [0.05, 0.1) is 18.3 Å². The third kappa shape index (κ3) is 3.57. The van der Waals surface area contributed by atoms with Gasteiger partial charge < -0.3 is 29.8 Å². The van der Waals surface area contributed by atoms with Gasteiger partial charge in [0.15, 0.2) is 5.82 Å². The molecule has 39 heavy (non-hydrogen) atoms. The molecule has 4 fully saturated rings. The Labute approximate surface area is 228 Å². The maximum Gasteiger partial charge on any atom is 0.254 e. The van der Waals surface area contributed by atoms with E-state index in [9.17, 15) is 4.79 Å². The van der Waals surface area contributed by atoms with Crippen LogP contribution in [0.5, 0.6) is 5.75 Å². The Hall–Kier alpha value is -3.36. The molecule has 4 aromatic rings. The molecule has 2 aliphatic heterocycles. The molecule has 8 heteroatoms. The number of carbonyl (C=O) groups is 1. The fourth-order valence-corrected chi connectivity index (χ4v) is 7.26. The van der Waals surface area contributed by atoms with Gasteiger partial charge >= 0.3 is 0 Å². The zero-order valence-corrected chi connectivity index (χ0v) is 22.7. The molecule has 2 saturated heterocycles. The molecule has 8 rings (SSSR count). The van der Waals surface area contributed by atoms with Gasteiger partial charge in [-0.2, -0.15) is 0 Å². The number of carbonyl (C=O) groups excluding carboxylic acids is 1. The topological polar surface area (TPSA) is 90.3 Å². The minimum Gasteiger partial charge on any atom is -0.494 e. The average molecular weight is 525 g/mol. The number of aryl methyl sites for hydroxylation is 1. The number of likely N-dealkylation sites (tertiary alicyclic amines) is 1. The van der Waals surface area contributed by atoms with Crippen molar-refractivity contribution in [1.82, 2.24) is 24.3 Å². The van der Waals surface area contributed by atoms with Crippen molar-refractivity contribution in [3.63, 3.8) is 0 Å². The van der Waals surface area contributed by atoms with Crippen molar-refractivity contribution in [1.29, 1.82) is 0 Å². The van der Waals surface area contributed by atoms with E-state index in [-0.39, 0.29) is 18.0 Å². The van der Waals surface area contributed by atoms with Crippen molar-refractivity contribution in [2.24, 2.45) is 24.6 Å². The van der Waals surface area contributed by atoms with Gasteiger partial charge in [-0.3, -0.25) is 4.79 Å². The Morgan fingerprint density at radius 2 is 1.97 bits per heavy atom. The standard InChI is InChI=1S/C31H36N6O2/c1-35-29-23(9-21(12-27(29)39-2)31(38)37-16-20-7-8-24(37)28(20)32)34-30(35)26-11-19-6-5-18(22-13-33-14-22)10-25(19)36(26)15-17-3-4-17/h5-6,9-12,17,20,22,24,28,33H,3-4,7-8,13-16,32H2,1-2H3. The second kappa shape index (κ2) is 8.57. The van der Waals surface area contributed by atoms with E-state index < -0.39 is 0 Å². The fraction of sp³-hybridized carbons (Fsp3) is 0.484. The van der Waals surface area contributed by atoms with Crippen LogP contribution in [0.3, 0.4) is 0 Å². The van der Waals surface area contributed by atoms with E-state index in [1.165, 1.54) is 29.3 Å². The first kappa shape index (κ1) is 23.5. The number of nitrogens with two attached hydrogens (primary N) is 1. The molecule has 3 atom stereocenters. The Balaban J connectivity index is 1.24. The number of hydrogen-bond acceptors (Lipinski definition) is 5. The molecule has 2 aromatic carbocycles. The lowest BCUT2D eigenvalue weighted by Crippen LogP contribution is -2.41. The number of amides is 1. The van der Waals surface area contributed by atoms with Crippen molar-refractivity contribution in [3.05, 3.63) is 47.5 Å². The number of rotatable bonds is 6. The molecule has 3 unspecified atom stereocenters. The van der Waals surface area contributed by atoms with Crippen molar-refractivity contribution < 1.29 is 9.53 Å². The molecule has 4 heterocycles. The summed E-state index contributed by atoms with van der Waals surface area (Å²) in [7, 11) is 3.72. The molecule has 8 nitrogen and oxygen atoms in total. The lowest BCUT2D eigenvalue weighted by molar-refractivity contribution is 0.0700. The summed E-state index contributed by atoms with van der Waals surface area (Å²) >= 11 is 0. The van der Waals surface area contributed by atoms with Crippen LogP contribution in [-0.4, -0.2) is 63.8 Å². The Morgan fingerprint density at radius 1 is 1.13 bits per heavy atom. The summed E-state index contributed by atoms with van der Waals surface area (Å²) in [4.78, 5) is 20.8. The number of nitrogens with zero attached hydrogens (tertiary/aromatic N) is 4. The Bertz CT molecular complexity index is 1630. The molecule has 1 amide bonds. The van der Waals surface area contributed by atoms with Gasteiger partial charge in [-0.1, -0.05) is 12.1 Å². The van der Waals surface area contributed by atoms with E-state index in [1.807, 2.05) is 17.0 Å². The van der Waals surface area contributed by atoms with Crippen LogP contribution >= 0.6 is 0 Å². The summed E-state index contributed by atoms with van der Waals surface area (Å²) in [6.07, 6.45) is 4.69. The van der Waals surface area contributed by atoms with Crippen molar-refractivity contribution in [2.45, 2.75) is 50.2 Å². The highest BCUT2D eigenvalue weighted by Crippen LogP contribution is 2.40. The van der Waals surface area contributed by atoms with E-state index in [4.69, 9.17) is 15.5 Å². The maximum atomic E-state index is 13.6. The molecular weight excluding hydrogens is 488 g/mol. The summed E-state index contributed by atoms with van der Waals surface area (Å²) in [5, 5.41) is 4.65. The maximum absolute atomic E-state index is 13.6. The van der Waals surface area contributed by atoms with Gasteiger partial charge in [0.1, 0.15) is 11.3 Å². The minimum atomic E-state index is 0.0333. The van der Waals surface area contributed by atoms with Crippen LogP contribution in [0, 0.1) is 11.8 Å². The van der Waals surface area contributed by atoms with Gasteiger partial charge in [-0.15, -0.1) is 0 Å². The zero-order valence-electron chi connectivity index (χ0n) is 22.7. The first-order chi connectivity index (χ1) is 19.0. The van der Waals surface area contributed by atoms with E-state index in [0.29, 0.717) is 23.1 Å². The van der Waals surface area contributed by atoms with E-state index in [1.54, 1.807) is 7.11 Å². The highest BCUT2D eigenvalue weighted by atomic mass is 16.5. The first-order valence-electron chi connectivity index (χ1n) is 14.5. The van der Waals surface area contributed by atoms with Crippen LogP contribution in [-0.2, 0) is 13.6 Å². The zero-order chi connectivity index (χ0) is 26.4. The molecule has 4 aliphatic rings.